The van der Waals surface area contributed by atoms with Crippen molar-refractivity contribution < 1.29 is 9.90 Å². The normalized spacial score (nSPS) is 15.5. The minimum atomic E-state index is -0.532. The molecule has 1 atom stereocenters. The molecule has 3 rings (SSSR count). The lowest BCUT2D eigenvalue weighted by atomic mass is 9.96. The lowest BCUT2D eigenvalue weighted by Crippen LogP contribution is -2.28. The van der Waals surface area contributed by atoms with E-state index in [4.69, 9.17) is 0 Å². The summed E-state index contributed by atoms with van der Waals surface area (Å²) in [5.74, 6) is 0.127. The van der Waals surface area contributed by atoms with Gasteiger partial charge in [-0.25, -0.2) is 0 Å². The Hall–Kier alpha value is -2.39. The first-order valence-electron chi connectivity index (χ1n) is 9.47. The number of aryl methyl sites for hydroxylation is 1. The van der Waals surface area contributed by atoms with E-state index in [9.17, 15) is 9.90 Å². The van der Waals surface area contributed by atoms with Crippen molar-refractivity contribution in [3.05, 3.63) is 76.9 Å². The smallest absolute Gasteiger partial charge is 0.254 e. The van der Waals surface area contributed by atoms with Crippen LogP contribution in [-0.4, -0.2) is 29.0 Å². The maximum Gasteiger partial charge on any atom is 0.254 e. The molecule has 0 aromatic heterocycles. The van der Waals surface area contributed by atoms with Gasteiger partial charge in [-0.1, -0.05) is 48.6 Å². The SMILES string of the molecule is C/C=C/c1cccc(C(O)CCc2ccccc2C(=O)N2CCCC2)c1. The van der Waals surface area contributed by atoms with Crippen molar-refractivity contribution in [3.8, 4) is 0 Å². The summed E-state index contributed by atoms with van der Waals surface area (Å²) in [4.78, 5) is 14.7. The molecule has 1 heterocycles. The van der Waals surface area contributed by atoms with Gasteiger partial charge in [0.25, 0.3) is 5.91 Å². The summed E-state index contributed by atoms with van der Waals surface area (Å²) in [6, 6.07) is 15.8. The monoisotopic (exact) mass is 349 g/mol. The van der Waals surface area contributed by atoms with E-state index in [1.807, 2.05) is 72.5 Å². The molecule has 1 unspecified atom stereocenters. The fourth-order valence-corrected chi connectivity index (χ4v) is 3.56. The summed E-state index contributed by atoms with van der Waals surface area (Å²) in [6.07, 6.45) is 6.96. The molecular weight excluding hydrogens is 322 g/mol. The Bertz CT molecular complexity index is 775. The van der Waals surface area contributed by atoms with E-state index in [-0.39, 0.29) is 5.91 Å². The summed E-state index contributed by atoms with van der Waals surface area (Å²) < 4.78 is 0. The number of benzene rings is 2. The van der Waals surface area contributed by atoms with Crippen LogP contribution in [0.3, 0.4) is 0 Å². The summed E-state index contributed by atoms with van der Waals surface area (Å²) >= 11 is 0. The molecule has 1 aliphatic rings. The molecular formula is C23H27NO2. The highest BCUT2D eigenvalue weighted by atomic mass is 16.3. The van der Waals surface area contributed by atoms with E-state index >= 15 is 0 Å². The van der Waals surface area contributed by atoms with E-state index in [2.05, 4.69) is 0 Å². The second kappa shape index (κ2) is 8.81. The van der Waals surface area contributed by atoms with Gasteiger partial charge in [0, 0.05) is 18.7 Å². The Kier molecular flexibility index (Phi) is 6.24. The number of aliphatic hydroxyl groups excluding tert-OH is 1. The second-order valence-corrected chi connectivity index (χ2v) is 6.88. The highest BCUT2D eigenvalue weighted by molar-refractivity contribution is 5.95. The predicted molar refractivity (Wildman–Crippen MR) is 106 cm³/mol. The molecule has 0 radical (unpaired) electrons. The van der Waals surface area contributed by atoms with Gasteiger partial charge in [0.2, 0.25) is 0 Å². The molecule has 0 saturated carbocycles. The molecule has 0 spiro atoms. The van der Waals surface area contributed by atoms with Crippen molar-refractivity contribution in [1.29, 1.82) is 0 Å². The number of nitrogens with zero attached hydrogens (tertiary/aromatic N) is 1. The van der Waals surface area contributed by atoms with Crippen LogP contribution in [0.4, 0.5) is 0 Å². The number of carbonyl (C=O) groups excluding carboxylic acids is 1. The molecule has 2 aromatic carbocycles. The van der Waals surface area contributed by atoms with Gasteiger partial charge >= 0.3 is 0 Å². The Morgan fingerprint density at radius 1 is 1.15 bits per heavy atom. The van der Waals surface area contributed by atoms with Gasteiger partial charge in [0.1, 0.15) is 0 Å². The number of aliphatic hydroxyl groups is 1. The van der Waals surface area contributed by atoms with Crippen molar-refractivity contribution in [2.24, 2.45) is 0 Å². The molecule has 1 amide bonds. The summed E-state index contributed by atoms with van der Waals surface area (Å²) in [5.41, 5.74) is 3.81. The van der Waals surface area contributed by atoms with E-state index in [0.29, 0.717) is 12.8 Å². The molecule has 1 fully saturated rings. The summed E-state index contributed by atoms with van der Waals surface area (Å²) in [6.45, 7) is 3.69. The summed E-state index contributed by atoms with van der Waals surface area (Å²) in [7, 11) is 0. The van der Waals surface area contributed by atoms with Crippen molar-refractivity contribution in [3.63, 3.8) is 0 Å². The van der Waals surface area contributed by atoms with Gasteiger partial charge in [-0.3, -0.25) is 4.79 Å². The molecule has 3 nitrogen and oxygen atoms in total. The maximum atomic E-state index is 12.8. The van der Waals surface area contributed by atoms with Gasteiger partial charge in [0.15, 0.2) is 0 Å². The zero-order valence-corrected chi connectivity index (χ0v) is 15.4. The molecule has 3 heteroatoms. The number of rotatable bonds is 6. The van der Waals surface area contributed by atoms with Crippen molar-refractivity contribution in [2.75, 3.05) is 13.1 Å². The molecule has 1 aliphatic heterocycles. The fraction of sp³-hybridized carbons (Fsp3) is 0.348. The lowest BCUT2D eigenvalue weighted by Gasteiger charge is -2.18. The minimum absolute atomic E-state index is 0.127. The lowest BCUT2D eigenvalue weighted by molar-refractivity contribution is 0.0791. The molecule has 0 aliphatic carbocycles. The molecule has 0 bridgehead atoms. The third kappa shape index (κ3) is 4.41. The van der Waals surface area contributed by atoms with Gasteiger partial charge in [-0.05, 0) is 61.4 Å². The minimum Gasteiger partial charge on any atom is -0.388 e. The third-order valence-electron chi connectivity index (χ3n) is 4.98. The van der Waals surface area contributed by atoms with Crippen LogP contribution in [0.5, 0.6) is 0 Å². The standard InChI is InChI=1S/C23H27NO2/c1-2-8-18-9-7-11-20(17-18)22(25)14-13-19-10-3-4-12-21(19)23(26)24-15-5-6-16-24/h2-4,7-12,17,22,25H,5-6,13-16H2,1H3/b8-2+. The first-order valence-corrected chi connectivity index (χ1v) is 9.47. The van der Waals surface area contributed by atoms with Crippen LogP contribution in [0.15, 0.2) is 54.6 Å². The number of carbonyl (C=O) groups is 1. The highest BCUT2D eigenvalue weighted by Crippen LogP contribution is 2.23. The second-order valence-electron chi connectivity index (χ2n) is 6.88. The van der Waals surface area contributed by atoms with Gasteiger partial charge in [-0.2, -0.15) is 0 Å². The number of hydrogen-bond acceptors (Lipinski definition) is 2. The Balaban J connectivity index is 1.69. The molecule has 1 N–H and O–H groups in total. The molecule has 136 valence electrons. The van der Waals surface area contributed by atoms with Crippen molar-refractivity contribution in [1.82, 2.24) is 4.90 Å². The van der Waals surface area contributed by atoms with Gasteiger partial charge in [0.05, 0.1) is 6.10 Å². The number of hydrogen-bond donors (Lipinski definition) is 1. The van der Waals surface area contributed by atoms with Crippen LogP contribution in [0.2, 0.25) is 0 Å². The first-order chi connectivity index (χ1) is 12.7. The van der Waals surface area contributed by atoms with Crippen LogP contribution in [0.25, 0.3) is 6.08 Å². The van der Waals surface area contributed by atoms with Crippen LogP contribution in [-0.2, 0) is 6.42 Å². The first kappa shape index (κ1) is 18.4. The number of allylic oxidation sites excluding steroid dienone is 1. The maximum absolute atomic E-state index is 12.8. The fourth-order valence-electron chi connectivity index (χ4n) is 3.56. The molecule has 1 saturated heterocycles. The van der Waals surface area contributed by atoms with Crippen LogP contribution in [0, 0.1) is 0 Å². The average molecular weight is 349 g/mol. The Labute approximate surface area is 156 Å². The summed E-state index contributed by atoms with van der Waals surface area (Å²) in [5, 5.41) is 10.6. The Morgan fingerprint density at radius 3 is 2.69 bits per heavy atom. The van der Waals surface area contributed by atoms with Crippen LogP contribution >= 0.6 is 0 Å². The number of amides is 1. The van der Waals surface area contributed by atoms with E-state index < -0.39 is 6.10 Å². The van der Waals surface area contributed by atoms with Crippen LogP contribution < -0.4 is 0 Å². The zero-order valence-electron chi connectivity index (χ0n) is 15.4. The predicted octanol–water partition coefficient (Wildman–Crippen LogP) is 4.62. The van der Waals surface area contributed by atoms with E-state index in [0.717, 1.165) is 48.2 Å². The number of likely N-dealkylation sites (tertiary alicyclic amines) is 1. The average Bonchev–Trinajstić information content (AvgIpc) is 3.21. The highest BCUT2D eigenvalue weighted by Gasteiger charge is 2.21. The Morgan fingerprint density at radius 2 is 1.92 bits per heavy atom. The third-order valence-corrected chi connectivity index (χ3v) is 4.98. The quantitative estimate of drug-likeness (QED) is 0.826. The van der Waals surface area contributed by atoms with Crippen molar-refractivity contribution >= 4 is 12.0 Å². The van der Waals surface area contributed by atoms with Crippen molar-refractivity contribution in [2.45, 2.75) is 38.7 Å². The van der Waals surface area contributed by atoms with Gasteiger partial charge in [-0.15, -0.1) is 0 Å². The molecule has 2 aromatic rings. The molecule has 26 heavy (non-hydrogen) atoms. The zero-order chi connectivity index (χ0) is 18.4. The topological polar surface area (TPSA) is 40.5 Å². The largest absolute Gasteiger partial charge is 0.388 e. The van der Waals surface area contributed by atoms with Gasteiger partial charge < -0.3 is 10.0 Å². The van der Waals surface area contributed by atoms with E-state index in [1.165, 1.54) is 0 Å². The van der Waals surface area contributed by atoms with E-state index in [1.54, 1.807) is 0 Å². The van der Waals surface area contributed by atoms with Crippen LogP contribution in [0.1, 0.15) is 59.3 Å².